The van der Waals surface area contributed by atoms with E-state index in [4.69, 9.17) is 4.74 Å². The summed E-state index contributed by atoms with van der Waals surface area (Å²) in [7, 11) is 1.88. The van der Waals surface area contributed by atoms with E-state index in [0.29, 0.717) is 5.75 Å². The summed E-state index contributed by atoms with van der Waals surface area (Å²) in [5.74, 6) is -0.272. The average Bonchev–Trinajstić information content (AvgIpc) is 2.81. The van der Waals surface area contributed by atoms with Gasteiger partial charge in [-0.05, 0) is 18.2 Å². The number of nitrogens with zero attached hydrogens (tertiary/aromatic N) is 3. The maximum absolute atomic E-state index is 11.8. The lowest BCUT2D eigenvalue weighted by molar-refractivity contribution is 0.0727. The maximum Gasteiger partial charge on any atom is 0.364 e. The van der Waals surface area contributed by atoms with Crippen LogP contribution in [0.4, 0.5) is 0 Å². The van der Waals surface area contributed by atoms with Crippen LogP contribution < -0.4 is 10.3 Å². The van der Waals surface area contributed by atoms with Gasteiger partial charge in [0.2, 0.25) is 0 Å². The van der Waals surface area contributed by atoms with Crippen molar-refractivity contribution in [2.45, 2.75) is 0 Å². The molecule has 3 aromatic rings. The predicted octanol–water partition coefficient (Wildman–Crippen LogP) is 0.876. The van der Waals surface area contributed by atoms with Crippen LogP contribution in [0.3, 0.4) is 0 Å². The molecule has 1 aromatic carbocycles. The van der Waals surface area contributed by atoms with E-state index in [1.165, 1.54) is 12.1 Å². The fraction of sp³-hybridized carbons (Fsp3) is 0.0769. The van der Waals surface area contributed by atoms with Gasteiger partial charge in [0.15, 0.2) is 5.69 Å². The van der Waals surface area contributed by atoms with Crippen molar-refractivity contribution < 1.29 is 9.53 Å². The minimum atomic E-state index is -0.642. The molecule has 0 atom stereocenters. The number of hydrogen-bond acceptors (Lipinski definition) is 5. The lowest BCUT2D eigenvalue weighted by atomic mass is 10.3. The number of aromatic amines is 1. The number of nitrogens with one attached hydrogen (secondary N) is 1. The first-order valence-electron chi connectivity index (χ1n) is 5.82. The minimum Gasteiger partial charge on any atom is -0.422 e. The summed E-state index contributed by atoms with van der Waals surface area (Å²) in [6.45, 7) is 0. The lowest BCUT2D eigenvalue weighted by Gasteiger charge is -2.03. The van der Waals surface area contributed by atoms with Crippen molar-refractivity contribution in [2.75, 3.05) is 0 Å². The lowest BCUT2D eigenvalue weighted by Crippen LogP contribution is -2.15. The Bertz CT molecular complexity index is 830. The number of fused-ring (bicyclic) bond motifs is 1. The summed E-state index contributed by atoms with van der Waals surface area (Å²) >= 11 is 0. The standard InChI is InChI=1S/C13H10N4O3/c1-17-7-14-10-6-8(2-4-11(10)17)20-13(19)9-3-5-12(18)16-15-9/h2-7H,1H3,(H,16,18). The summed E-state index contributed by atoms with van der Waals surface area (Å²) in [5, 5.41) is 5.79. The highest BCUT2D eigenvalue weighted by molar-refractivity contribution is 5.89. The van der Waals surface area contributed by atoms with Gasteiger partial charge in [-0.2, -0.15) is 5.10 Å². The van der Waals surface area contributed by atoms with Gasteiger partial charge in [0.05, 0.1) is 17.4 Å². The van der Waals surface area contributed by atoms with Crippen molar-refractivity contribution in [1.82, 2.24) is 19.7 Å². The van der Waals surface area contributed by atoms with E-state index in [2.05, 4.69) is 15.2 Å². The third-order valence-electron chi connectivity index (χ3n) is 2.80. The van der Waals surface area contributed by atoms with Crippen LogP contribution in [0.15, 0.2) is 41.5 Å². The van der Waals surface area contributed by atoms with Gasteiger partial charge in [0.25, 0.3) is 5.56 Å². The van der Waals surface area contributed by atoms with E-state index in [0.717, 1.165) is 11.0 Å². The summed E-state index contributed by atoms with van der Waals surface area (Å²) in [4.78, 5) is 26.9. The smallest absolute Gasteiger partial charge is 0.364 e. The molecule has 0 unspecified atom stereocenters. The van der Waals surface area contributed by atoms with Crippen LogP contribution in [-0.2, 0) is 7.05 Å². The van der Waals surface area contributed by atoms with Crippen molar-refractivity contribution in [3.63, 3.8) is 0 Å². The Kier molecular flexibility index (Phi) is 2.79. The van der Waals surface area contributed by atoms with E-state index in [1.54, 1.807) is 18.5 Å². The minimum absolute atomic E-state index is 0.0331. The molecule has 0 aliphatic carbocycles. The fourth-order valence-electron chi connectivity index (χ4n) is 1.80. The molecule has 0 aliphatic heterocycles. The zero-order valence-electron chi connectivity index (χ0n) is 10.5. The number of carbonyl (C=O) groups is 1. The Morgan fingerprint density at radius 2 is 2.15 bits per heavy atom. The number of ether oxygens (including phenoxy) is 1. The van der Waals surface area contributed by atoms with Crippen LogP contribution >= 0.6 is 0 Å². The van der Waals surface area contributed by atoms with Gasteiger partial charge >= 0.3 is 5.97 Å². The molecule has 0 saturated carbocycles. The Morgan fingerprint density at radius 3 is 2.90 bits per heavy atom. The number of H-pyrrole nitrogens is 1. The molecule has 2 heterocycles. The van der Waals surface area contributed by atoms with Crippen molar-refractivity contribution in [3.8, 4) is 5.75 Å². The number of imidazole rings is 1. The Morgan fingerprint density at radius 1 is 1.30 bits per heavy atom. The van der Waals surface area contributed by atoms with Gasteiger partial charge in [-0.1, -0.05) is 0 Å². The number of aryl methyl sites for hydroxylation is 1. The van der Waals surface area contributed by atoms with Crippen molar-refractivity contribution >= 4 is 17.0 Å². The highest BCUT2D eigenvalue weighted by Crippen LogP contribution is 2.19. The van der Waals surface area contributed by atoms with Gasteiger partial charge in [-0.15, -0.1) is 0 Å². The molecule has 7 nitrogen and oxygen atoms in total. The molecule has 3 rings (SSSR count). The third-order valence-corrected chi connectivity index (χ3v) is 2.80. The predicted molar refractivity (Wildman–Crippen MR) is 70.5 cm³/mol. The molecule has 1 N–H and O–H groups in total. The Balaban J connectivity index is 1.87. The third kappa shape index (κ3) is 2.16. The highest BCUT2D eigenvalue weighted by atomic mass is 16.5. The molecule has 20 heavy (non-hydrogen) atoms. The SMILES string of the molecule is Cn1cnc2cc(OC(=O)c3ccc(=O)[nH]n3)ccc21. The largest absolute Gasteiger partial charge is 0.422 e. The van der Waals surface area contributed by atoms with E-state index >= 15 is 0 Å². The maximum atomic E-state index is 11.8. The first kappa shape index (κ1) is 12.1. The zero-order chi connectivity index (χ0) is 14.1. The van der Waals surface area contributed by atoms with Crippen LogP contribution in [0.2, 0.25) is 0 Å². The topological polar surface area (TPSA) is 89.9 Å². The molecule has 0 bridgehead atoms. The number of benzene rings is 1. The molecule has 0 radical (unpaired) electrons. The number of rotatable bonds is 2. The summed E-state index contributed by atoms with van der Waals surface area (Å²) in [5.41, 5.74) is 1.32. The van der Waals surface area contributed by atoms with Gasteiger partial charge in [-0.25, -0.2) is 14.9 Å². The highest BCUT2D eigenvalue weighted by Gasteiger charge is 2.11. The molecule has 100 valence electrons. The second kappa shape index (κ2) is 4.61. The van der Waals surface area contributed by atoms with Crippen LogP contribution in [-0.4, -0.2) is 25.7 Å². The van der Waals surface area contributed by atoms with E-state index in [-0.39, 0.29) is 11.3 Å². The second-order valence-electron chi connectivity index (χ2n) is 4.20. The molecule has 2 aromatic heterocycles. The first-order valence-corrected chi connectivity index (χ1v) is 5.82. The van der Waals surface area contributed by atoms with Crippen LogP contribution in [0.5, 0.6) is 5.75 Å². The van der Waals surface area contributed by atoms with Crippen molar-refractivity contribution in [2.24, 2.45) is 7.05 Å². The van der Waals surface area contributed by atoms with Crippen molar-refractivity contribution in [3.05, 3.63) is 52.7 Å². The molecule has 7 heteroatoms. The summed E-state index contributed by atoms with van der Waals surface area (Å²) < 4.78 is 7.05. The molecular formula is C13H10N4O3. The van der Waals surface area contributed by atoms with E-state index in [9.17, 15) is 9.59 Å². The molecule has 0 saturated heterocycles. The number of carbonyl (C=O) groups excluding carboxylic acids is 1. The van der Waals surface area contributed by atoms with Gasteiger partial charge in [0, 0.05) is 19.2 Å². The number of aromatic nitrogens is 4. The first-order chi connectivity index (χ1) is 9.63. The van der Waals surface area contributed by atoms with E-state index in [1.807, 2.05) is 17.7 Å². The molecule has 0 spiro atoms. The van der Waals surface area contributed by atoms with Crippen molar-refractivity contribution in [1.29, 1.82) is 0 Å². The summed E-state index contributed by atoms with van der Waals surface area (Å²) in [6.07, 6.45) is 1.68. The quantitative estimate of drug-likeness (QED) is 0.551. The Hall–Kier alpha value is -2.96. The monoisotopic (exact) mass is 270 g/mol. The molecule has 0 amide bonds. The fourth-order valence-corrected chi connectivity index (χ4v) is 1.80. The van der Waals surface area contributed by atoms with E-state index < -0.39 is 5.97 Å². The zero-order valence-corrected chi connectivity index (χ0v) is 10.5. The van der Waals surface area contributed by atoms with Crippen LogP contribution in [0, 0.1) is 0 Å². The normalized spacial score (nSPS) is 10.7. The van der Waals surface area contributed by atoms with Crippen LogP contribution in [0.25, 0.3) is 11.0 Å². The second-order valence-corrected chi connectivity index (χ2v) is 4.20. The molecule has 0 aliphatic rings. The van der Waals surface area contributed by atoms with Gasteiger partial charge < -0.3 is 9.30 Å². The number of esters is 1. The van der Waals surface area contributed by atoms with Crippen LogP contribution in [0.1, 0.15) is 10.5 Å². The molecular weight excluding hydrogens is 260 g/mol. The summed E-state index contributed by atoms with van der Waals surface area (Å²) in [6, 6.07) is 7.67. The average molecular weight is 270 g/mol. The van der Waals surface area contributed by atoms with Gasteiger partial charge in [-0.3, -0.25) is 4.79 Å². The molecule has 0 fully saturated rings. The van der Waals surface area contributed by atoms with Gasteiger partial charge in [0.1, 0.15) is 5.75 Å². The number of hydrogen-bond donors (Lipinski definition) is 1. The Labute approximate surface area is 112 Å².